The molecule has 1 aromatic rings. The van der Waals surface area contributed by atoms with Gasteiger partial charge in [-0.2, -0.15) is 0 Å². The number of phenols is 1. The summed E-state index contributed by atoms with van der Waals surface area (Å²) in [6.45, 7) is 7.29. The van der Waals surface area contributed by atoms with E-state index in [1.54, 1.807) is 6.92 Å². The highest BCUT2D eigenvalue weighted by Gasteiger charge is 2.15. The third kappa shape index (κ3) is 2.35. The van der Waals surface area contributed by atoms with Crippen molar-refractivity contribution in [2.75, 3.05) is 0 Å². The van der Waals surface area contributed by atoms with Crippen molar-refractivity contribution < 1.29 is 15.0 Å². The number of aliphatic carboxylic acids is 1. The Morgan fingerprint density at radius 3 is 2.38 bits per heavy atom. The molecule has 0 fully saturated rings. The zero-order valence-corrected chi connectivity index (χ0v) is 10.2. The second kappa shape index (κ2) is 4.56. The zero-order chi connectivity index (χ0) is 12.5. The highest BCUT2D eigenvalue weighted by atomic mass is 16.4. The number of carbonyl (C=O) groups is 1. The summed E-state index contributed by atoms with van der Waals surface area (Å²) in [6.07, 6.45) is 0.503. The molecule has 1 aromatic carbocycles. The van der Waals surface area contributed by atoms with Crippen LogP contribution in [0.3, 0.4) is 0 Å². The zero-order valence-electron chi connectivity index (χ0n) is 10.2. The van der Waals surface area contributed by atoms with E-state index in [1.165, 1.54) is 0 Å². The molecule has 0 bridgehead atoms. The molecule has 0 saturated carbocycles. The molecule has 1 atom stereocenters. The molecule has 0 amide bonds. The van der Waals surface area contributed by atoms with Crippen molar-refractivity contribution >= 4 is 5.97 Å². The molecule has 3 nitrogen and oxygen atoms in total. The standard InChI is InChI=1S/C13H18O3/c1-7-5-11(6-8(2)13(15)16)9(3)10(4)12(7)14/h5,8,14H,6H2,1-4H3,(H,15,16). The molecule has 1 rings (SSSR count). The summed E-state index contributed by atoms with van der Waals surface area (Å²) in [5.74, 6) is -0.881. The Morgan fingerprint density at radius 2 is 1.88 bits per heavy atom. The van der Waals surface area contributed by atoms with Gasteiger partial charge in [0, 0.05) is 0 Å². The fourth-order valence-electron chi connectivity index (χ4n) is 1.78. The predicted molar refractivity (Wildman–Crippen MR) is 62.8 cm³/mol. The summed E-state index contributed by atoms with van der Waals surface area (Å²) in [5.41, 5.74) is 3.63. The Kier molecular flexibility index (Phi) is 3.58. The molecule has 16 heavy (non-hydrogen) atoms. The van der Waals surface area contributed by atoms with Crippen LogP contribution in [-0.2, 0) is 11.2 Å². The smallest absolute Gasteiger partial charge is 0.306 e. The quantitative estimate of drug-likeness (QED) is 0.826. The van der Waals surface area contributed by atoms with Crippen molar-refractivity contribution in [3.63, 3.8) is 0 Å². The number of carboxylic acids is 1. The molecule has 0 aliphatic rings. The summed E-state index contributed by atoms with van der Waals surface area (Å²) >= 11 is 0. The van der Waals surface area contributed by atoms with Crippen LogP contribution in [0.15, 0.2) is 6.07 Å². The van der Waals surface area contributed by atoms with Gasteiger partial charge in [-0.25, -0.2) is 0 Å². The number of aryl methyl sites for hydroxylation is 1. The Labute approximate surface area is 95.7 Å². The molecular weight excluding hydrogens is 204 g/mol. The number of aromatic hydroxyl groups is 1. The number of hydrogen-bond donors (Lipinski definition) is 2. The molecule has 1 unspecified atom stereocenters. The summed E-state index contributed by atoms with van der Waals surface area (Å²) in [7, 11) is 0. The molecule has 0 saturated heterocycles. The molecule has 2 N–H and O–H groups in total. The number of carboxylic acid groups (broad SMARTS) is 1. The van der Waals surface area contributed by atoms with Crippen molar-refractivity contribution in [1.82, 2.24) is 0 Å². The monoisotopic (exact) mass is 222 g/mol. The molecule has 0 heterocycles. The Bertz CT molecular complexity index is 422. The van der Waals surface area contributed by atoms with E-state index in [4.69, 9.17) is 5.11 Å². The summed E-state index contributed by atoms with van der Waals surface area (Å²) < 4.78 is 0. The van der Waals surface area contributed by atoms with E-state index in [9.17, 15) is 9.90 Å². The van der Waals surface area contributed by atoms with E-state index in [0.29, 0.717) is 12.2 Å². The van der Waals surface area contributed by atoms with Gasteiger partial charge in [0.1, 0.15) is 5.75 Å². The van der Waals surface area contributed by atoms with Crippen LogP contribution in [0.4, 0.5) is 0 Å². The first-order valence-corrected chi connectivity index (χ1v) is 5.36. The van der Waals surface area contributed by atoms with Gasteiger partial charge in [-0.15, -0.1) is 0 Å². The lowest BCUT2D eigenvalue weighted by molar-refractivity contribution is -0.141. The summed E-state index contributed by atoms with van der Waals surface area (Å²) in [5, 5.41) is 18.6. The van der Waals surface area contributed by atoms with Gasteiger partial charge in [-0.1, -0.05) is 13.0 Å². The number of benzene rings is 1. The molecule has 88 valence electrons. The molecule has 0 aliphatic heterocycles. The SMILES string of the molecule is Cc1cc(CC(C)C(=O)O)c(C)c(C)c1O. The maximum absolute atomic E-state index is 10.8. The Hall–Kier alpha value is -1.51. The molecule has 0 spiro atoms. The maximum Gasteiger partial charge on any atom is 0.306 e. The average Bonchev–Trinajstić information content (AvgIpc) is 2.22. The minimum absolute atomic E-state index is 0.309. The molecule has 3 heteroatoms. The minimum atomic E-state index is -0.789. The van der Waals surface area contributed by atoms with Gasteiger partial charge < -0.3 is 10.2 Å². The highest BCUT2D eigenvalue weighted by Crippen LogP contribution is 2.28. The lowest BCUT2D eigenvalue weighted by Crippen LogP contribution is -2.13. The number of rotatable bonds is 3. The normalized spacial score (nSPS) is 12.5. The van der Waals surface area contributed by atoms with Gasteiger partial charge in [0.2, 0.25) is 0 Å². The molecular formula is C13H18O3. The van der Waals surface area contributed by atoms with Crippen LogP contribution in [0.5, 0.6) is 5.75 Å². The van der Waals surface area contributed by atoms with Crippen molar-refractivity contribution in [2.24, 2.45) is 5.92 Å². The van der Waals surface area contributed by atoms with E-state index in [1.807, 2.05) is 26.8 Å². The van der Waals surface area contributed by atoms with Crippen LogP contribution in [0.25, 0.3) is 0 Å². The largest absolute Gasteiger partial charge is 0.507 e. The van der Waals surface area contributed by atoms with E-state index >= 15 is 0 Å². The fraction of sp³-hybridized carbons (Fsp3) is 0.462. The predicted octanol–water partition coefficient (Wildman–Crippen LogP) is 2.58. The number of hydrogen-bond acceptors (Lipinski definition) is 2. The Morgan fingerprint density at radius 1 is 1.31 bits per heavy atom. The van der Waals surface area contributed by atoms with Crippen LogP contribution in [0.2, 0.25) is 0 Å². The van der Waals surface area contributed by atoms with Crippen molar-refractivity contribution in [3.8, 4) is 5.75 Å². The molecule has 0 aliphatic carbocycles. The molecule has 0 radical (unpaired) electrons. The topological polar surface area (TPSA) is 57.5 Å². The molecule has 0 aromatic heterocycles. The van der Waals surface area contributed by atoms with Crippen molar-refractivity contribution in [2.45, 2.75) is 34.1 Å². The van der Waals surface area contributed by atoms with Crippen molar-refractivity contribution in [3.05, 3.63) is 28.3 Å². The lowest BCUT2D eigenvalue weighted by atomic mass is 9.92. The second-order valence-corrected chi connectivity index (χ2v) is 4.39. The van der Waals surface area contributed by atoms with Gasteiger partial charge in [-0.05, 0) is 49.4 Å². The Balaban J connectivity index is 3.11. The fourth-order valence-corrected chi connectivity index (χ4v) is 1.78. The first kappa shape index (κ1) is 12.6. The van der Waals surface area contributed by atoms with Crippen LogP contribution in [0.1, 0.15) is 29.2 Å². The average molecular weight is 222 g/mol. The lowest BCUT2D eigenvalue weighted by Gasteiger charge is -2.14. The van der Waals surface area contributed by atoms with Crippen LogP contribution in [0, 0.1) is 26.7 Å². The van der Waals surface area contributed by atoms with E-state index < -0.39 is 11.9 Å². The van der Waals surface area contributed by atoms with Gasteiger partial charge in [0.15, 0.2) is 0 Å². The van der Waals surface area contributed by atoms with Gasteiger partial charge in [0.25, 0.3) is 0 Å². The van der Waals surface area contributed by atoms with E-state index in [0.717, 1.165) is 22.3 Å². The highest BCUT2D eigenvalue weighted by molar-refractivity contribution is 5.70. The van der Waals surface area contributed by atoms with Crippen molar-refractivity contribution in [1.29, 1.82) is 0 Å². The van der Waals surface area contributed by atoms with Gasteiger partial charge in [-0.3, -0.25) is 4.79 Å². The van der Waals surface area contributed by atoms with Gasteiger partial charge >= 0.3 is 5.97 Å². The maximum atomic E-state index is 10.8. The third-order valence-electron chi connectivity index (χ3n) is 3.11. The van der Waals surface area contributed by atoms with Crippen LogP contribution in [-0.4, -0.2) is 16.2 Å². The third-order valence-corrected chi connectivity index (χ3v) is 3.11. The van der Waals surface area contributed by atoms with E-state index in [2.05, 4.69) is 0 Å². The number of phenolic OH excluding ortho intramolecular Hbond substituents is 1. The van der Waals surface area contributed by atoms with Crippen LogP contribution < -0.4 is 0 Å². The second-order valence-electron chi connectivity index (χ2n) is 4.39. The summed E-state index contributed by atoms with van der Waals surface area (Å²) in [6, 6.07) is 1.87. The van der Waals surface area contributed by atoms with E-state index in [-0.39, 0.29) is 0 Å². The minimum Gasteiger partial charge on any atom is -0.507 e. The first-order valence-electron chi connectivity index (χ1n) is 5.36. The first-order chi connectivity index (χ1) is 7.34. The summed E-state index contributed by atoms with van der Waals surface area (Å²) in [4.78, 5) is 10.8. The van der Waals surface area contributed by atoms with Gasteiger partial charge in [0.05, 0.1) is 5.92 Å². The van der Waals surface area contributed by atoms with Crippen LogP contribution >= 0.6 is 0 Å².